The number of aliphatic imine (C=N–C) groups is 1. The van der Waals surface area contributed by atoms with Gasteiger partial charge in [-0.2, -0.15) is 0 Å². The Kier molecular flexibility index (Phi) is 10.1. The number of halogens is 1. The van der Waals surface area contributed by atoms with Crippen molar-refractivity contribution in [2.45, 2.75) is 13.0 Å². The van der Waals surface area contributed by atoms with E-state index in [1.165, 1.54) is 0 Å². The molecule has 1 saturated heterocycles. The molecule has 0 amide bonds. The minimum Gasteiger partial charge on any atom is -0.374 e. The van der Waals surface area contributed by atoms with Crippen LogP contribution in [0, 0.1) is 12.3 Å². The van der Waals surface area contributed by atoms with Gasteiger partial charge in [-0.3, -0.25) is 4.99 Å². The predicted molar refractivity (Wildman–Crippen MR) is 85.5 cm³/mol. The molecule has 0 aliphatic carbocycles. The minimum atomic E-state index is 0. The molecular formula is C12H23IN4O. The summed E-state index contributed by atoms with van der Waals surface area (Å²) in [6.07, 6.45) is 5.38. The fraction of sp³-hybridized carbons (Fsp3) is 0.750. The molecule has 6 heteroatoms. The number of morpholine rings is 1. The Morgan fingerprint density at radius 3 is 2.94 bits per heavy atom. The molecule has 0 aromatic heterocycles. The highest BCUT2D eigenvalue weighted by Crippen LogP contribution is 2.02. The van der Waals surface area contributed by atoms with Crippen LogP contribution in [0.3, 0.4) is 0 Å². The molecule has 0 saturated carbocycles. The molecule has 1 unspecified atom stereocenters. The fourth-order valence-corrected chi connectivity index (χ4v) is 1.65. The van der Waals surface area contributed by atoms with Gasteiger partial charge in [0.25, 0.3) is 0 Å². The maximum absolute atomic E-state index is 5.64. The highest BCUT2D eigenvalue weighted by Gasteiger charge is 2.17. The maximum atomic E-state index is 5.64. The van der Waals surface area contributed by atoms with Crippen LogP contribution in [0.15, 0.2) is 4.99 Å². The first kappa shape index (κ1) is 17.5. The van der Waals surface area contributed by atoms with Gasteiger partial charge in [-0.15, -0.1) is 30.4 Å². The topological polar surface area (TPSA) is 48.9 Å². The first-order valence-corrected chi connectivity index (χ1v) is 6.02. The van der Waals surface area contributed by atoms with Crippen molar-refractivity contribution in [3.8, 4) is 12.3 Å². The average molecular weight is 366 g/mol. The van der Waals surface area contributed by atoms with Gasteiger partial charge >= 0.3 is 0 Å². The highest BCUT2D eigenvalue weighted by atomic mass is 127. The number of likely N-dealkylation sites (N-methyl/N-ethyl adjacent to an activating group) is 1. The normalized spacial score (nSPS) is 20.7. The Morgan fingerprint density at radius 1 is 1.56 bits per heavy atom. The number of guanidine groups is 1. The van der Waals surface area contributed by atoms with Crippen molar-refractivity contribution >= 4 is 29.9 Å². The zero-order chi connectivity index (χ0) is 12.5. The van der Waals surface area contributed by atoms with Gasteiger partial charge in [0.2, 0.25) is 0 Å². The average Bonchev–Trinajstić information content (AvgIpc) is 2.33. The lowest BCUT2D eigenvalue weighted by molar-refractivity contribution is -0.0136. The summed E-state index contributed by atoms with van der Waals surface area (Å²) in [6.45, 7) is 6.69. The van der Waals surface area contributed by atoms with Crippen molar-refractivity contribution in [1.29, 1.82) is 0 Å². The highest BCUT2D eigenvalue weighted by molar-refractivity contribution is 14.0. The minimum absolute atomic E-state index is 0. The summed E-state index contributed by atoms with van der Waals surface area (Å²) in [5.74, 6) is 3.28. The molecule has 18 heavy (non-hydrogen) atoms. The first-order chi connectivity index (χ1) is 8.26. The van der Waals surface area contributed by atoms with Crippen LogP contribution in [0.1, 0.15) is 6.92 Å². The van der Waals surface area contributed by atoms with Gasteiger partial charge in [-0.25, -0.2) is 0 Å². The third kappa shape index (κ3) is 7.03. The van der Waals surface area contributed by atoms with Gasteiger partial charge in [0.15, 0.2) is 5.96 Å². The van der Waals surface area contributed by atoms with Gasteiger partial charge in [-0.05, 0) is 14.0 Å². The van der Waals surface area contributed by atoms with Crippen molar-refractivity contribution in [3.05, 3.63) is 0 Å². The summed E-state index contributed by atoms with van der Waals surface area (Å²) in [7, 11) is 2.10. The van der Waals surface area contributed by atoms with Crippen LogP contribution in [0.4, 0.5) is 0 Å². The van der Waals surface area contributed by atoms with Crippen LogP contribution in [-0.2, 0) is 4.74 Å². The largest absolute Gasteiger partial charge is 0.374 e. The molecular weight excluding hydrogens is 343 g/mol. The van der Waals surface area contributed by atoms with E-state index >= 15 is 0 Å². The second-order valence-electron chi connectivity index (χ2n) is 4.03. The lowest BCUT2D eigenvalue weighted by Gasteiger charge is -2.29. The molecule has 2 N–H and O–H groups in total. The number of nitrogens with zero attached hydrogens (tertiary/aromatic N) is 2. The number of terminal acetylenes is 1. The van der Waals surface area contributed by atoms with Crippen LogP contribution in [-0.4, -0.2) is 63.3 Å². The SMILES string of the molecule is C#CCNC(=NCC1CN(C)CCO1)NCC.I. The van der Waals surface area contributed by atoms with Crippen molar-refractivity contribution < 1.29 is 4.74 Å². The Morgan fingerprint density at radius 2 is 2.33 bits per heavy atom. The molecule has 5 nitrogen and oxygen atoms in total. The molecule has 1 fully saturated rings. The van der Waals surface area contributed by atoms with Crippen LogP contribution in [0.5, 0.6) is 0 Å². The van der Waals surface area contributed by atoms with E-state index < -0.39 is 0 Å². The number of hydrogen-bond acceptors (Lipinski definition) is 3. The van der Waals surface area contributed by atoms with Crippen molar-refractivity contribution in [3.63, 3.8) is 0 Å². The zero-order valence-corrected chi connectivity index (χ0v) is 13.4. The summed E-state index contributed by atoms with van der Waals surface area (Å²) in [6, 6.07) is 0. The van der Waals surface area contributed by atoms with E-state index in [0.29, 0.717) is 13.1 Å². The zero-order valence-electron chi connectivity index (χ0n) is 11.1. The Bertz CT molecular complexity index is 290. The van der Waals surface area contributed by atoms with E-state index in [1.54, 1.807) is 0 Å². The van der Waals surface area contributed by atoms with Gasteiger partial charge in [0.05, 0.1) is 25.8 Å². The standard InChI is InChI=1S/C12H22N4O.HI/c1-4-6-14-12(13-5-2)15-9-11-10-16(3)7-8-17-11;/h1,11H,5-10H2,2-3H3,(H2,13,14,15);1H. The van der Waals surface area contributed by atoms with E-state index in [2.05, 4.69) is 33.5 Å². The summed E-state index contributed by atoms with van der Waals surface area (Å²) in [5, 5.41) is 6.20. The molecule has 1 aliphatic rings. The number of hydrogen-bond donors (Lipinski definition) is 2. The molecule has 0 aromatic carbocycles. The maximum Gasteiger partial charge on any atom is 0.192 e. The lowest BCUT2D eigenvalue weighted by atomic mass is 10.3. The molecule has 1 atom stereocenters. The quantitative estimate of drug-likeness (QED) is 0.321. The van der Waals surface area contributed by atoms with Crippen molar-refractivity contribution in [1.82, 2.24) is 15.5 Å². The summed E-state index contributed by atoms with van der Waals surface area (Å²) < 4.78 is 5.64. The predicted octanol–water partition coefficient (Wildman–Crippen LogP) is 0.123. The van der Waals surface area contributed by atoms with Crippen molar-refractivity contribution in [2.24, 2.45) is 4.99 Å². The van der Waals surface area contributed by atoms with Crippen LogP contribution in [0.25, 0.3) is 0 Å². The number of nitrogens with one attached hydrogen (secondary N) is 2. The van der Waals surface area contributed by atoms with Gasteiger partial charge in [-0.1, -0.05) is 5.92 Å². The molecule has 0 bridgehead atoms. The van der Waals surface area contributed by atoms with E-state index in [1.807, 2.05) is 6.92 Å². The molecule has 1 aliphatic heterocycles. The second-order valence-corrected chi connectivity index (χ2v) is 4.03. The summed E-state index contributed by atoms with van der Waals surface area (Å²) >= 11 is 0. The molecule has 104 valence electrons. The number of rotatable bonds is 4. The molecule has 0 radical (unpaired) electrons. The molecule has 1 rings (SSSR count). The fourth-order valence-electron chi connectivity index (χ4n) is 1.65. The lowest BCUT2D eigenvalue weighted by Crippen LogP contribution is -2.43. The van der Waals surface area contributed by atoms with Gasteiger partial charge < -0.3 is 20.3 Å². The van der Waals surface area contributed by atoms with Crippen LogP contribution in [0.2, 0.25) is 0 Å². The monoisotopic (exact) mass is 366 g/mol. The molecule has 1 heterocycles. The third-order valence-electron chi connectivity index (χ3n) is 2.50. The van der Waals surface area contributed by atoms with E-state index in [0.717, 1.165) is 32.2 Å². The van der Waals surface area contributed by atoms with E-state index in [-0.39, 0.29) is 30.1 Å². The van der Waals surface area contributed by atoms with Gasteiger partial charge in [0.1, 0.15) is 0 Å². The van der Waals surface area contributed by atoms with Crippen LogP contribution >= 0.6 is 24.0 Å². The molecule has 0 aromatic rings. The van der Waals surface area contributed by atoms with Gasteiger partial charge in [0, 0.05) is 19.6 Å². The smallest absolute Gasteiger partial charge is 0.192 e. The van der Waals surface area contributed by atoms with E-state index in [4.69, 9.17) is 11.2 Å². The number of ether oxygens (including phenoxy) is 1. The Hall–Kier alpha value is -0.520. The summed E-state index contributed by atoms with van der Waals surface area (Å²) in [5.41, 5.74) is 0. The summed E-state index contributed by atoms with van der Waals surface area (Å²) in [4.78, 5) is 6.71. The molecule has 0 spiro atoms. The second kappa shape index (κ2) is 10.4. The third-order valence-corrected chi connectivity index (χ3v) is 2.50. The Balaban J connectivity index is 0.00000289. The van der Waals surface area contributed by atoms with Crippen molar-refractivity contribution in [2.75, 3.05) is 46.4 Å². The first-order valence-electron chi connectivity index (χ1n) is 6.02. The van der Waals surface area contributed by atoms with E-state index in [9.17, 15) is 0 Å². The Labute approximate surface area is 127 Å². The van der Waals surface area contributed by atoms with Crippen LogP contribution < -0.4 is 10.6 Å².